The predicted molar refractivity (Wildman–Crippen MR) is 136 cm³/mol. The maximum absolute atomic E-state index is 6.47. The first kappa shape index (κ1) is 21.7. The minimum atomic E-state index is 0.309. The van der Waals surface area contributed by atoms with E-state index < -0.39 is 0 Å². The van der Waals surface area contributed by atoms with Crippen molar-refractivity contribution in [2.45, 2.75) is 25.4 Å². The van der Waals surface area contributed by atoms with Crippen LogP contribution in [0.3, 0.4) is 0 Å². The number of likely N-dealkylation sites (tertiary alicyclic amines) is 1. The van der Waals surface area contributed by atoms with Gasteiger partial charge in [-0.05, 0) is 52.5 Å². The first-order valence-electron chi connectivity index (χ1n) is 11.3. The van der Waals surface area contributed by atoms with Crippen molar-refractivity contribution in [3.05, 3.63) is 69.8 Å². The van der Waals surface area contributed by atoms with Gasteiger partial charge in [0.25, 0.3) is 0 Å². The van der Waals surface area contributed by atoms with Gasteiger partial charge in [0, 0.05) is 42.3 Å². The van der Waals surface area contributed by atoms with E-state index in [1.54, 1.807) is 6.20 Å². The number of hydrogen-bond donors (Lipinski definition) is 1. The highest BCUT2D eigenvalue weighted by Gasteiger charge is 2.22. The van der Waals surface area contributed by atoms with Crippen LogP contribution in [0.4, 0.5) is 5.82 Å². The van der Waals surface area contributed by atoms with E-state index in [4.69, 9.17) is 26.1 Å². The molecule has 0 spiro atoms. The maximum Gasteiger partial charge on any atom is 0.231 e. The number of ether oxygens (including phenoxy) is 2. The molecule has 6 rings (SSSR count). The summed E-state index contributed by atoms with van der Waals surface area (Å²) in [4.78, 5) is 7.29. The fraction of sp³-hybridized carbons (Fsp3) is 0.280. The van der Waals surface area contributed by atoms with Crippen molar-refractivity contribution in [1.29, 1.82) is 0 Å². The molecule has 174 valence electrons. The van der Waals surface area contributed by atoms with E-state index in [2.05, 4.69) is 43.4 Å². The molecule has 0 unspecified atom stereocenters. The lowest BCUT2D eigenvalue weighted by Gasteiger charge is -2.33. The molecule has 2 aromatic heterocycles. The van der Waals surface area contributed by atoms with Gasteiger partial charge in [-0.1, -0.05) is 35.9 Å². The molecule has 0 amide bonds. The fourth-order valence-corrected chi connectivity index (χ4v) is 5.17. The van der Waals surface area contributed by atoms with Gasteiger partial charge < -0.3 is 14.8 Å². The van der Waals surface area contributed by atoms with Crippen molar-refractivity contribution in [3.63, 3.8) is 0 Å². The minimum Gasteiger partial charge on any atom is -0.454 e. The third kappa shape index (κ3) is 4.21. The summed E-state index contributed by atoms with van der Waals surface area (Å²) in [6.07, 6.45) is 3.86. The molecule has 1 saturated heterocycles. The van der Waals surface area contributed by atoms with Crippen LogP contribution in [0.5, 0.6) is 11.5 Å². The van der Waals surface area contributed by atoms with Crippen molar-refractivity contribution < 1.29 is 9.47 Å². The average molecular weight is 541 g/mol. The van der Waals surface area contributed by atoms with E-state index in [0.29, 0.717) is 17.9 Å². The summed E-state index contributed by atoms with van der Waals surface area (Å²) in [6, 6.07) is 16.4. The molecule has 0 atom stereocenters. The quantitative estimate of drug-likeness (QED) is 0.355. The molecule has 4 heterocycles. The van der Waals surface area contributed by atoms with Crippen molar-refractivity contribution in [1.82, 2.24) is 19.5 Å². The lowest BCUT2D eigenvalue weighted by atomic mass is 10.0. The van der Waals surface area contributed by atoms with Crippen LogP contribution in [0, 0.1) is 0 Å². The standard InChI is InChI=1S/C25H23BrClN5O2/c26-19-13-28-32-24(12-21(30-25(19)32)18-3-1-2-4-20(18)27)29-17-7-9-31(10-8-17)14-16-5-6-22-23(11-16)34-15-33-22/h1-6,11-13,17,29H,7-10,14-15H2. The SMILES string of the molecule is Clc1ccccc1-c1cc(NC2CCN(Cc3ccc4c(c3)OCO4)CC2)n2ncc(Br)c2n1. The van der Waals surface area contributed by atoms with Crippen LogP contribution in [0.1, 0.15) is 18.4 Å². The molecule has 4 aromatic rings. The van der Waals surface area contributed by atoms with Crippen LogP contribution in [-0.4, -0.2) is 45.4 Å². The molecule has 2 aliphatic rings. The Balaban J connectivity index is 1.17. The molecule has 2 aromatic carbocycles. The third-order valence-electron chi connectivity index (χ3n) is 6.36. The Bertz CT molecular complexity index is 1350. The average Bonchev–Trinajstić information content (AvgIpc) is 3.47. The molecule has 2 aliphatic heterocycles. The molecule has 1 fully saturated rings. The highest BCUT2D eigenvalue weighted by atomic mass is 79.9. The Morgan fingerprint density at radius 1 is 1.06 bits per heavy atom. The Hall–Kier alpha value is -2.81. The topological polar surface area (TPSA) is 63.9 Å². The van der Waals surface area contributed by atoms with Gasteiger partial charge in [-0.3, -0.25) is 4.90 Å². The number of aromatic nitrogens is 3. The lowest BCUT2D eigenvalue weighted by molar-refractivity contribution is 0.173. The van der Waals surface area contributed by atoms with E-state index in [1.807, 2.05) is 40.9 Å². The molecule has 0 bridgehead atoms. The number of hydrogen-bond acceptors (Lipinski definition) is 6. The third-order valence-corrected chi connectivity index (χ3v) is 7.25. The maximum atomic E-state index is 6.47. The number of anilines is 1. The van der Waals surface area contributed by atoms with Gasteiger partial charge >= 0.3 is 0 Å². The Morgan fingerprint density at radius 3 is 2.74 bits per heavy atom. The smallest absolute Gasteiger partial charge is 0.231 e. The molecule has 7 nitrogen and oxygen atoms in total. The Labute approximate surface area is 210 Å². The van der Waals surface area contributed by atoms with Gasteiger partial charge in [0.05, 0.1) is 16.4 Å². The van der Waals surface area contributed by atoms with Crippen LogP contribution in [0.2, 0.25) is 5.02 Å². The lowest BCUT2D eigenvalue weighted by Crippen LogP contribution is -2.39. The number of fused-ring (bicyclic) bond motifs is 2. The van der Waals surface area contributed by atoms with Crippen LogP contribution in [0.25, 0.3) is 16.9 Å². The molecule has 0 aliphatic carbocycles. The number of piperidine rings is 1. The minimum absolute atomic E-state index is 0.309. The summed E-state index contributed by atoms with van der Waals surface area (Å²) < 4.78 is 13.6. The zero-order valence-corrected chi connectivity index (χ0v) is 20.7. The molecular weight excluding hydrogens is 518 g/mol. The van der Waals surface area contributed by atoms with E-state index in [-0.39, 0.29) is 0 Å². The molecule has 0 radical (unpaired) electrons. The summed E-state index contributed by atoms with van der Waals surface area (Å²) >= 11 is 10.0. The summed E-state index contributed by atoms with van der Waals surface area (Å²) in [7, 11) is 0. The number of benzene rings is 2. The fourth-order valence-electron chi connectivity index (χ4n) is 4.59. The normalized spacial score (nSPS) is 16.3. The first-order valence-corrected chi connectivity index (χ1v) is 12.5. The van der Waals surface area contributed by atoms with Gasteiger partial charge in [0.15, 0.2) is 17.1 Å². The predicted octanol–water partition coefficient (Wildman–Crippen LogP) is 5.62. The van der Waals surface area contributed by atoms with Crippen molar-refractivity contribution >= 4 is 39.0 Å². The van der Waals surface area contributed by atoms with Crippen molar-refractivity contribution in [3.8, 4) is 22.8 Å². The van der Waals surface area contributed by atoms with E-state index >= 15 is 0 Å². The second kappa shape index (κ2) is 9.09. The van der Waals surface area contributed by atoms with Gasteiger partial charge in [0.1, 0.15) is 5.82 Å². The molecule has 9 heteroatoms. The van der Waals surface area contributed by atoms with E-state index in [0.717, 1.165) is 71.2 Å². The van der Waals surface area contributed by atoms with Gasteiger partial charge in [-0.15, -0.1) is 0 Å². The molecule has 1 N–H and O–H groups in total. The van der Waals surface area contributed by atoms with Crippen LogP contribution < -0.4 is 14.8 Å². The Kier molecular flexibility index (Phi) is 5.80. The monoisotopic (exact) mass is 539 g/mol. The first-order chi connectivity index (χ1) is 16.6. The second-order valence-electron chi connectivity index (χ2n) is 8.62. The van der Waals surface area contributed by atoms with Crippen molar-refractivity contribution in [2.75, 3.05) is 25.2 Å². The number of halogens is 2. The largest absolute Gasteiger partial charge is 0.454 e. The van der Waals surface area contributed by atoms with Crippen LogP contribution in [-0.2, 0) is 6.54 Å². The Morgan fingerprint density at radius 2 is 1.88 bits per heavy atom. The van der Waals surface area contributed by atoms with Crippen LogP contribution >= 0.6 is 27.5 Å². The molecular formula is C25H23BrClN5O2. The van der Waals surface area contributed by atoms with Gasteiger partial charge in [0.2, 0.25) is 6.79 Å². The van der Waals surface area contributed by atoms with Gasteiger partial charge in [-0.25, -0.2) is 4.98 Å². The number of nitrogens with one attached hydrogen (secondary N) is 1. The summed E-state index contributed by atoms with van der Waals surface area (Å²) in [6.45, 7) is 3.25. The number of nitrogens with zero attached hydrogens (tertiary/aromatic N) is 4. The van der Waals surface area contributed by atoms with E-state index in [9.17, 15) is 0 Å². The molecule has 0 saturated carbocycles. The van der Waals surface area contributed by atoms with Gasteiger partial charge in [-0.2, -0.15) is 9.61 Å². The zero-order chi connectivity index (χ0) is 23.1. The van der Waals surface area contributed by atoms with Crippen LogP contribution in [0.15, 0.2) is 59.2 Å². The van der Waals surface area contributed by atoms with E-state index in [1.165, 1.54) is 5.56 Å². The summed E-state index contributed by atoms with van der Waals surface area (Å²) in [5.41, 5.74) is 3.74. The number of rotatable bonds is 5. The highest BCUT2D eigenvalue weighted by Crippen LogP contribution is 2.34. The van der Waals surface area contributed by atoms with Crippen molar-refractivity contribution in [2.24, 2.45) is 0 Å². The molecule has 34 heavy (non-hydrogen) atoms. The summed E-state index contributed by atoms with van der Waals surface area (Å²) in [5, 5.41) is 8.92. The highest BCUT2D eigenvalue weighted by molar-refractivity contribution is 9.10. The second-order valence-corrected chi connectivity index (χ2v) is 9.88. The summed E-state index contributed by atoms with van der Waals surface area (Å²) in [5.74, 6) is 2.59. The zero-order valence-electron chi connectivity index (χ0n) is 18.4.